The first-order chi connectivity index (χ1) is 9.45. The number of aliphatic hydroxyl groups excluding tert-OH is 1. The molecule has 5 nitrogen and oxygen atoms in total. The minimum atomic E-state index is -1.66. The summed E-state index contributed by atoms with van der Waals surface area (Å²) in [5.41, 5.74) is -0.373. The summed E-state index contributed by atoms with van der Waals surface area (Å²) in [6.07, 6.45) is 0.916. The Morgan fingerprint density at radius 1 is 1.30 bits per heavy atom. The third-order valence-electron chi connectivity index (χ3n) is 3.61. The van der Waals surface area contributed by atoms with Gasteiger partial charge in [0, 0.05) is 12.0 Å². The Balaban J connectivity index is 2.27. The molecule has 1 aromatic rings. The molecule has 1 amide bonds. The van der Waals surface area contributed by atoms with E-state index in [-0.39, 0.29) is 12.8 Å². The van der Waals surface area contributed by atoms with Crippen molar-refractivity contribution in [2.75, 3.05) is 0 Å². The van der Waals surface area contributed by atoms with Crippen molar-refractivity contribution in [3.63, 3.8) is 0 Å². The number of hydrogen-bond acceptors (Lipinski definition) is 3. The number of rotatable bonds is 3. The average Bonchev–Trinajstić information content (AvgIpc) is 2.42. The summed E-state index contributed by atoms with van der Waals surface area (Å²) < 4.78 is 0. The maximum atomic E-state index is 12.1. The normalized spacial score (nSPS) is 25.7. The predicted octanol–water partition coefficient (Wildman–Crippen LogP) is 1.34. The van der Waals surface area contributed by atoms with Crippen LogP contribution in [-0.4, -0.2) is 33.7 Å². The zero-order valence-electron chi connectivity index (χ0n) is 11.2. The standard InChI is InChI=1S/C15H17NO4/c1-10-7-8-15(14(19)20,12(17)9-10)16-13(18)11-5-3-2-4-6-11/h2-7,12,17H,8-9H2,1H3,(H,16,18)(H,19,20)/t12-,15+/m0/s1. The Morgan fingerprint density at radius 2 is 1.95 bits per heavy atom. The molecule has 0 unspecified atom stereocenters. The van der Waals surface area contributed by atoms with Gasteiger partial charge in [0.15, 0.2) is 5.54 Å². The van der Waals surface area contributed by atoms with Gasteiger partial charge in [0.1, 0.15) is 0 Å². The molecule has 2 atom stereocenters. The SMILES string of the molecule is CC1=CC[C@](NC(=O)c2ccccc2)(C(=O)O)[C@@H](O)C1. The second kappa shape index (κ2) is 5.46. The predicted molar refractivity (Wildman–Crippen MR) is 73.3 cm³/mol. The lowest BCUT2D eigenvalue weighted by Crippen LogP contribution is -2.62. The molecule has 0 aliphatic heterocycles. The van der Waals surface area contributed by atoms with Crippen molar-refractivity contribution in [1.82, 2.24) is 5.32 Å². The second-order valence-electron chi connectivity index (χ2n) is 5.07. The van der Waals surface area contributed by atoms with Gasteiger partial charge < -0.3 is 15.5 Å². The Labute approximate surface area is 116 Å². The fourth-order valence-corrected chi connectivity index (χ4v) is 2.32. The summed E-state index contributed by atoms with van der Waals surface area (Å²) in [6.45, 7) is 1.83. The van der Waals surface area contributed by atoms with Crippen LogP contribution >= 0.6 is 0 Å². The van der Waals surface area contributed by atoms with Gasteiger partial charge >= 0.3 is 5.97 Å². The number of nitrogens with one attached hydrogen (secondary N) is 1. The van der Waals surface area contributed by atoms with Crippen molar-refractivity contribution in [3.05, 3.63) is 47.5 Å². The maximum Gasteiger partial charge on any atom is 0.332 e. The van der Waals surface area contributed by atoms with Crippen molar-refractivity contribution in [2.45, 2.75) is 31.4 Å². The first-order valence-corrected chi connectivity index (χ1v) is 6.40. The minimum Gasteiger partial charge on any atom is -0.479 e. The van der Waals surface area contributed by atoms with E-state index in [2.05, 4.69) is 5.32 Å². The fourth-order valence-electron chi connectivity index (χ4n) is 2.32. The van der Waals surface area contributed by atoms with Crippen LogP contribution in [-0.2, 0) is 4.79 Å². The topological polar surface area (TPSA) is 86.6 Å². The summed E-state index contributed by atoms with van der Waals surface area (Å²) in [4.78, 5) is 23.7. The van der Waals surface area contributed by atoms with Crippen LogP contribution in [0, 0.1) is 0 Å². The van der Waals surface area contributed by atoms with Crippen molar-refractivity contribution in [3.8, 4) is 0 Å². The van der Waals surface area contributed by atoms with Crippen molar-refractivity contribution in [1.29, 1.82) is 0 Å². The fraction of sp³-hybridized carbons (Fsp3) is 0.333. The van der Waals surface area contributed by atoms with Gasteiger partial charge in [0.25, 0.3) is 5.91 Å². The van der Waals surface area contributed by atoms with E-state index >= 15 is 0 Å². The molecule has 0 saturated heterocycles. The molecule has 0 spiro atoms. The number of carbonyl (C=O) groups is 2. The summed E-state index contributed by atoms with van der Waals surface area (Å²) in [7, 11) is 0. The largest absolute Gasteiger partial charge is 0.479 e. The van der Waals surface area contributed by atoms with Crippen LogP contribution in [0.3, 0.4) is 0 Å². The molecule has 1 aliphatic carbocycles. The maximum absolute atomic E-state index is 12.1. The summed E-state index contributed by atoms with van der Waals surface area (Å²) in [6, 6.07) is 8.36. The van der Waals surface area contributed by atoms with Gasteiger partial charge in [-0.3, -0.25) is 4.79 Å². The molecule has 0 heterocycles. The molecule has 106 valence electrons. The van der Waals surface area contributed by atoms with Crippen molar-refractivity contribution in [2.24, 2.45) is 0 Å². The van der Waals surface area contributed by atoms with Gasteiger partial charge in [-0.25, -0.2) is 4.79 Å². The minimum absolute atomic E-state index is 0.0773. The second-order valence-corrected chi connectivity index (χ2v) is 5.07. The quantitative estimate of drug-likeness (QED) is 0.727. The molecule has 0 bridgehead atoms. The molecule has 5 heteroatoms. The molecular weight excluding hydrogens is 258 g/mol. The lowest BCUT2D eigenvalue weighted by molar-refractivity contribution is -0.150. The number of benzene rings is 1. The number of carboxylic acids is 1. The van der Waals surface area contributed by atoms with E-state index in [1.54, 1.807) is 36.4 Å². The summed E-state index contributed by atoms with van der Waals surface area (Å²) in [5.74, 6) is -1.72. The van der Waals surface area contributed by atoms with Crippen molar-refractivity contribution < 1.29 is 19.8 Å². The van der Waals surface area contributed by atoms with Crippen molar-refractivity contribution >= 4 is 11.9 Å². The highest BCUT2D eigenvalue weighted by molar-refractivity contribution is 5.98. The summed E-state index contributed by atoms with van der Waals surface area (Å²) >= 11 is 0. The molecule has 0 aromatic heterocycles. The number of aliphatic carboxylic acids is 1. The third-order valence-corrected chi connectivity index (χ3v) is 3.61. The molecule has 0 radical (unpaired) electrons. The molecule has 20 heavy (non-hydrogen) atoms. The number of hydrogen-bond donors (Lipinski definition) is 3. The smallest absolute Gasteiger partial charge is 0.332 e. The van der Waals surface area contributed by atoms with E-state index in [0.29, 0.717) is 5.56 Å². The number of carboxylic acid groups (broad SMARTS) is 1. The van der Waals surface area contributed by atoms with E-state index in [4.69, 9.17) is 0 Å². The Hall–Kier alpha value is -2.14. The molecule has 0 saturated carbocycles. The average molecular weight is 275 g/mol. The van der Waals surface area contributed by atoms with Crippen LogP contribution in [0.1, 0.15) is 30.1 Å². The molecule has 3 N–H and O–H groups in total. The number of amides is 1. The van der Waals surface area contributed by atoms with E-state index in [9.17, 15) is 19.8 Å². The summed E-state index contributed by atoms with van der Waals surface area (Å²) in [5, 5.41) is 22.0. The lowest BCUT2D eigenvalue weighted by Gasteiger charge is -2.37. The Kier molecular flexibility index (Phi) is 3.90. The first-order valence-electron chi connectivity index (χ1n) is 6.40. The van der Waals surface area contributed by atoms with Crippen LogP contribution in [0.5, 0.6) is 0 Å². The van der Waals surface area contributed by atoms with Crippen LogP contribution in [0.2, 0.25) is 0 Å². The van der Waals surface area contributed by atoms with E-state index in [1.807, 2.05) is 6.92 Å². The molecule has 2 rings (SSSR count). The Morgan fingerprint density at radius 3 is 2.50 bits per heavy atom. The highest BCUT2D eigenvalue weighted by atomic mass is 16.4. The zero-order valence-corrected chi connectivity index (χ0v) is 11.2. The number of aliphatic hydroxyl groups is 1. The van der Waals surface area contributed by atoms with Gasteiger partial charge in [0.05, 0.1) is 6.10 Å². The van der Waals surface area contributed by atoms with E-state index < -0.39 is 23.5 Å². The zero-order chi connectivity index (χ0) is 14.8. The highest BCUT2D eigenvalue weighted by Gasteiger charge is 2.47. The van der Waals surface area contributed by atoms with E-state index in [1.165, 1.54) is 0 Å². The van der Waals surface area contributed by atoms with Crippen LogP contribution in [0.25, 0.3) is 0 Å². The molecule has 0 fully saturated rings. The first kappa shape index (κ1) is 14.3. The highest BCUT2D eigenvalue weighted by Crippen LogP contribution is 2.28. The van der Waals surface area contributed by atoms with Crippen LogP contribution in [0.15, 0.2) is 42.0 Å². The molecule has 1 aliphatic rings. The Bertz CT molecular complexity index is 552. The van der Waals surface area contributed by atoms with Gasteiger partial charge in [-0.15, -0.1) is 0 Å². The van der Waals surface area contributed by atoms with Gasteiger partial charge in [0.2, 0.25) is 0 Å². The third kappa shape index (κ3) is 2.58. The molecular formula is C15H17NO4. The van der Waals surface area contributed by atoms with Crippen LogP contribution < -0.4 is 5.32 Å². The van der Waals surface area contributed by atoms with E-state index in [0.717, 1.165) is 5.57 Å². The van der Waals surface area contributed by atoms with Gasteiger partial charge in [-0.1, -0.05) is 29.8 Å². The van der Waals surface area contributed by atoms with Crippen LogP contribution in [0.4, 0.5) is 0 Å². The lowest BCUT2D eigenvalue weighted by atomic mass is 9.80. The van der Waals surface area contributed by atoms with Gasteiger partial charge in [-0.2, -0.15) is 0 Å². The van der Waals surface area contributed by atoms with Gasteiger partial charge in [-0.05, 0) is 25.5 Å². The molecule has 1 aromatic carbocycles. The number of carbonyl (C=O) groups excluding carboxylic acids is 1. The monoisotopic (exact) mass is 275 g/mol.